The molecular formula is C33H45FN6O6PS2+3. The molecule has 4 bridgehead atoms. The number of ether oxygens (including phenoxy) is 1. The van der Waals surface area contributed by atoms with Crippen LogP contribution in [-0.4, -0.2) is 141 Å². The molecule has 264 valence electrons. The van der Waals surface area contributed by atoms with Crippen molar-refractivity contribution in [2.75, 3.05) is 105 Å². The molecule has 3 aromatic rings. The van der Waals surface area contributed by atoms with Crippen LogP contribution >= 0.6 is 18.9 Å². The van der Waals surface area contributed by atoms with E-state index >= 15 is 0 Å². The van der Waals surface area contributed by atoms with Crippen molar-refractivity contribution in [1.82, 2.24) is 9.62 Å². The van der Waals surface area contributed by atoms with E-state index in [1.165, 1.54) is 113 Å². The lowest BCUT2D eigenvalue weighted by Crippen LogP contribution is -2.75. The highest BCUT2D eigenvalue weighted by Gasteiger charge is 2.49. The maximum Gasteiger partial charge on any atom is 0.347 e. The first-order valence-corrected chi connectivity index (χ1v) is 21.0. The van der Waals surface area contributed by atoms with Crippen molar-refractivity contribution in [2.24, 2.45) is 0 Å². The largest absolute Gasteiger partial charge is 0.488 e. The minimum atomic E-state index is -5.11. The molecule has 1 aromatic heterocycles. The van der Waals surface area contributed by atoms with Crippen LogP contribution in [0.5, 0.6) is 5.75 Å². The van der Waals surface area contributed by atoms with Gasteiger partial charge in [-0.05, 0) is 47.3 Å². The number of hydrogen-bond acceptors (Lipinski definition) is 7. The molecule has 6 aliphatic rings. The minimum absolute atomic E-state index is 0.142. The summed E-state index contributed by atoms with van der Waals surface area (Å²) < 4.78 is 65.6. The molecular weight excluding hydrogens is 691 g/mol. The SMILES string of the molecule is N#Cc1ccc(C(NS(=O)(=O)c2cc3cc(OCC[N+]45CC[N+](CCC[N+]67CCN(CC6)CC7)(CC4)CC5)ccc3s2)P(=O)(O)O)cc1F. The van der Waals surface area contributed by atoms with Gasteiger partial charge < -0.3 is 28.0 Å². The molecule has 6 saturated heterocycles. The minimum Gasteiger partial charge on any atom is -0.488 e. The van der Waals surface area contributed by atoms with Crippen LogP contribution in [0.3, 0.4) is 0 Å². The van der Waals surface area contributed by atoms with Gasteiger partial charge in [-0.3, -0.25) is 9.46 Å². The maximum absolute atomic E-state index is 14.2. The number of nitrogens with one attached hydrogen (secondary N) is 1. The molecule has 0 aliphatic carbocycles. The number of fused-ring (bicyclic) bond motifs is 7. The summed E-state index contributed by atoms with van der Waals surface area (Å²) in [5.41, 5.74) is -0.613. The van der Waals surface area contributed by atoms with E-state index in [0.29, 0.717) is 22.4 Å². The predicted octanol–water partition coefficient (Wildman–Crippen LogP) is 2.64. The highest BCUT2D eigenvalue weighted by atomic mass is 32.2. The Morgan fingerprint density at radius 3 is 2.12 bits per heavy atom. The van der Waals surface area contributed by atoms with Gasteiger partial charge in [0.05, 0.1) is 38.3 Å². The molecule has 6 fully saturated rings. The van der Waals surface area contributed by atoms with Crippen molar-refractivity contribution in [2.45, 2.75) is 16.4 Å². The highest BCUT2D eigenvalue weighted by molar-refractivity contribution is 7.92. The van der Waals surface area contributed by atoms with E-state index in [2.05, 4.69) is 9.62 Å². The molecule has 3 N–H and O–H groups in total. The molecule has 1 atom stereocenters. The summed E-state index contributed by atoms with van der Waals surface area (Å²) in [7, 11) is -9.52. The van der Waals surface area contributed by atoms with E-state index in [1.54, 1.807) is 18.2 Å². The summed E-state index contributed by atoms with van der Waals surface area (Å²) in [5, 5.41) is 9.60. The molecule has 0 amide bonds. The average molecular weight is 736 g/mol. The molecule has 1 unspecified atom stereocenters. The van der Waals surface area contributed by atoms with Crippen molar-refractivity contribution >= 4 is 39.0 Å². The first-order chi connectivity index (χ1) is 23.3. The monoisotopic (exact) mass is 735 g/mol. The standard InChI is InChI=1S/C33H43FN6O6PS2/c34-30-23-26(2-3-27(30)25-35)33(47(41,42)43)36-49(44,45)32-24-28-22-29(4-5-31(28)48-32)46-21-20-40-17-14-39(15-18-40,16-19-40)10-1-9-38-11-6-37(7-12-38)8-13-38/h2-5,22-24,33,36H,1,6-21H2/q+1/p+2. The molecule has 16 heteroatoms. The Balaban J connectivity index is 0.936. The fourth-order valence-corrected chi connectivity index (χ4v) is 12.3. The molecule has 0 spiro atoms. The molecule has 0 saturated carbocycles. The molecule has 9 rings (SSSR count). The third-order valence-electron chi connectivity index (χ3n) is 11.7. The molecule has 49 heavy (non-hydrogen) atoms. The van der Waals surface area contributed by atoms with Crippen LogP contribution in [0.4, 0.5) is 4.39 Å². The lowest BCUT2D eigenvalue weighted by molar-refractivity contribution is -1.08. The van der Waals surface area contributed by atoms with Crippen molar-refractivity contribution < 1.29 is 45.3 Å². The number of hydrogen-bond donors (Lipinski definition) is 3. The zero-order valence-electron chi connectivity index (χ0n) is 27.5. The van der Waals surface area contributed by atoms with Crippen LogP contribution in [0.25, 0.3) is 10.1 Å². The number of thiophene rings is 1. The van der Waals surface area contributed by atoms with E-state index in [4.69, 9.17) is 10.00 Å². The van der Waals surface area contributed by atoms with Crippen molar-refractivity contribution in [3.8, 4) is 11.8 Å². The summed E-state index contributed by atoms with van der Waals surface area (Å²) in [6.45, 7) is 19.2. The third-order valence-corrected chi connectivity index (χ3v) is 16.0. The van der Waals surface area contributed by atoms with Gasteiger partial charge >= 0.3 is 7.60 Å². The van der Waals surface area contributed by atoms with Gasteiger partial charge in [-0.1, -0.05) is 6.07 Å². The second-order valence-corrected chi connectivity index (χ2v) is 19.2. The maximum atomic E-state index is 14.2. The smallest absolute Gasteiger partial charge is 0.347 e. The summed E-state index contributed by atoms with van der Waals surface area (Å²) >= 11 is 0.957. The van der Waals surface area contributed by atoms with Crippen LogP contribution in [-0.2, 0) is 14.6 Å². The van der Waals surface area contributed by atoms with Gasteiger partial charge in [0.25, 0.3) is 10.0 Å². The number of sulfonamides is 1. The zero-order chi connectivity index (χ0) is 34.5. The number of nitriles is 1. The van der Waals surface area contributed by atoms with Crippen molar-refractivity contribution in [1.29, 1.82) is 5.26 Å². The lowest BCUT2D eigenvalue weighted by atomic mass is 10.1. The first-order valence-electron chi connectivity index (χ1n) is 17.0. The summed E-state index contributed by atoms with van der Waals surface area (Å²) in [6.07, 6.45) is 1.33. The van der Waals surface area contributed by atoms with Gasteiger partial charge in [0.15, 0.2) is 0 Å². The second-order valence-electron chi connectivity index (χ2n) is 14.5. The van der Waals surface area contributed by atoms with E-state index < -0.39 is 29.2 Å². The Kier molecular flexibility index (Phi) is 9.45. The third kappa shape index (κ3) is 7.32. The Labute approximate surface area is 290 Å². The highest BCUT2D eigenvalue weighted by Crippen LogP contribution is 2.51. The van der Waals surface area contributed by atoms with Gasteiger partial charge in [0, 0.05) is 30.8 Å². The van der Waals surface area contributed by atoms with Gasteiger partial charge in [-0.15, -0.1) is 11.3 Å². The Morgan fingerprint density at radius 2 is 1.53 bits per heavy atom. The van der Waals surface area contributed by atoms with Gasteiger partial charge in [-0.2, -0.15) is 9.98 Å². The number of benzene rings is 2. The van der Waals surface area contributed by atoms with Crippen LogP contribution in [0.15, 0.2) is 46.7 Å². The zero-order valence-corrected chi connectivity index (χ0v) is 30.1. The van der Waals surface area contributed by atoms with E-state index in [1.807, 2.05) is 6.07 Å². The lowest BCUT2D eigenvalue weighted by Gasteiger charge is -2.56. The fraction of sp³-hybridized carbons (Fsp3) is 0.545. The van der Waals surface area contributed by atoms with Crippen LogP contribution in [0.2, 0.25) is 0 Å². The topological polar surface area (TPSA) is 140 Å². The number of nitrogens with zero attached hydrogens (tertiary/aromatic N) is 5. The van der Waals surface area contributed by atoms with Crippen LogP contribution in [0, 0.1) is 17.1 Å². The van der Waals surface area contributed by atoms with E-state index in [-0.39, 0.29) is 15.3 Å². The average Bonchev–Trinajstić information content (AvgIpc) is 3.53. The normalized spacial score (nSPS) is 28.8. The second kappa shape index (κ2) is 13.2. The van der Waals surface area contributed by atoms with Gasteiger partial charge in [0.1, 0.15) is 80.0 Å². The molecule has 6 aliphatic heterocycles. The number of quaternary nitrogens is 3. The van der Waals surface area contributed by atoms with Crippen LogP contribution < -0.4 is 9.46 Å². The molecule has 2 aromatic carbocycles. The van der Waals surface area contributed by atoms with Gasteiger partial charge in [-0.25, -0.2) is 12.8 Å². The quantitative estimate of drug-likeness (QED) is 0.180. The van der Waals surface area contributed by atoms with Crippen LogP contribution in [0.1, 0.15) is 23.3 Å². The van der Waals surface area contributed by atoms with Gasteiger partial charge in [0.2, 0.25) is 0 Å². The van der Waals surface area contributed by atoms with E-state index in [0.717, 1.165) is 40.6 Å². The summed E-state index contributed by atoms with van der Waals surface area (Å²) in [6, 6.07) is 11.4. The first kappa shape index (κ1) is 34.9. The summed E-state index contributed by atoms with van der Waals surface area (Å²) in [5.74, 6) is -2.40. The summed E-state index contributed by atoms with van der Waals surface area (Å²) in [4.78, 5) is 22.5. The predicted molar refractivity (Wildman–Crippen MR) is 184 cm³/mol. The Morgan fingerprint density at radius 1 is 0.918 bits per heavy atom. The molecule has 0 radical (unpaired) electrons. The van der Waals surface area contributed by atoms with Crippen molar-refractivity contribution in [3.63, 3.8) is 0 Å². The number of rotatable bonds is 13. The molecule has 12 nitrogen and oxygen atoms in total. The number of halogens is 1. The molecule has 7 heterocycles. The van der Waals surface area contributed by atoms with Crippen molar-refractivity contribution in [3.05, 3.63) is 59.4 Å². The Bertz CT molecular complexity index is 1880. The van der Waals surface area contributed by atoms with E-state index in [9.17, 15) is 27.2 Å². The fourth-order valence-electron chi connectivity index (χ4n) is 8.33. The Hall–Kier alpha value is -2.48. The number of piperazine rings is 6.